The van der Waals surface area contributed by atoms with E-state index in [0.717, 1.165) is 24.0 Å². The number of rotatable bonds is 2. The molecule has 1 fully saturated rings. The Morgan fingerprint density at radius 2 is 1.71 bits per heavy atom. The van der Waals surface area contributed by atoms with Crippen LogP contribution in [0.2, 0.25) is 0 Å². The van der Waals surface area contributed by atoms with E-state index >= 15 is 0 Å². The zero-order chi connectivity index (χ0) is 15.5. The zero-order valence-corrected chi connectivity index (χ0v) is 14.1. The van der Waals surface area contributed by atoms with Crippen LogP contribution in [0.4, 0.5) is 0 Å². The summed E-state index contributed by atoms with van der Waals surface area (Å²) >= 11 is 0. The summed E-state index contributed by atoms with van der Waals surface area (Å²) in [6.45, 7) is 13.7. The van der Waals surface area contributed by atoms with Crippen molar-refractivity contribution in [3.8, 4) is 11.5 Å². The number of nitrogens with zero attached hydrogens (tertiary/aromatic N) is 1. The fraction of sp³-hybridized carbons (Fsp3) is 0.667. The number of piperidine rings is 1. The minimum atomic E-state index is -0.526. The molecule has 21 heavy (non-hydrogen) atoms. The molecule has 0 amide bonds. The van der Waals surface area contributed by atoms with Gasteiger partial charge in [-0.2, -0.15) is 0 Å². The Balaban J connectivity index is 0.000000774. The molecule has 2 aliphatic heterocycles. The Bertz CT molecular complexity index is 462. The Morgan fingerprint density at radius 3 is 2.38 bits per heavy atom. The summed E-state index contributed by atoms with van der Waals surface area (Å²) in [6.07, 6.45) is 2.63. The lowest BCUT2D eigenvalue weighted by atomic mass is 9.99. The topological polar surface area (TPSA) is 21.7 Å². The van der Waals surface area contributed by atoms with Crippen molar-refractivity contribution in [2.24, 2.45) is 5.92 Å². The van der Waals surface area contributed by atoms with Gasteiger partial charge < -0.3 is 9.47 Å². The van der Waals surface area contributed by atoms with E-state index in [-0.39, 0.29) is 0 Å². The van der Waals surface area contributed by atoms with Gasteiger partial charge in [0.15, 0.2) is 11.5 Å². The largest absolute Gasteiger partial charge is 0.449 e. The average molecular weight is 291 g/mol. The van der Waals surface area contributed by atoms with Gasteiger partial charge in [-0.3, -0.25) is 4.90 Å². The smallest absolute Gasteiger partial charge is 0.246 e. The maximum atomic E-state index is 5.80. The van der Waals surface area contributed by atoms with Crippen LogP contribution in [0.25, 0.3) is 0 Å². The zero-order valence-electron chi connectivity index (χ0n) is 14.1. The lowest BCUT2D eigenvalue weighted by Crippen LogP contribution is -2.32. The molecule has 2 heterocycles. The number of benzene rings is 1. The van der Waals surface area contributed by atoms with E-state index in [1.807, 2.05) is 33.8 Å². The lowest BCUT2D eigenvalue weighted by Gasteiger charge is -2.30. The summed E-state index contributed by atoms with van der Waals surface area (Å²) < 4.78 is 11.5. The van der Waals surface area contributed by atoms with Crippen LogP contribution in [0.5, 0.6) is 11.5 Å². The van der Waals surface area contributed by atoms with Crippen LogP contribution in [0.1, 0.15) is 53.0 Å². The first-order valence-corrected chi connectivity index (χ1v) is 8.25. The average Bonchev–Trinajstić information content (AvgIpc) is 2.77. The summed E-state index contributed by atoms with van der Waals surface area (Å²) in [4.78, 5) is 2.53. The Kier molecular flexibility index (Phi) is 5.15. The van der Waals surface area contributed by atoms with E-state index in [1.165, 1.54) is 31.5 Å². The molecule has 0 saturated carbocycles. The molecule has 1 aromatic rings. The Labute approximate surface area is 129 Å². The number of ether oxygens (including phenoxy) is 2. The molecule has 2 aliphatic rings. The van der Waals surface area contributed by atoms with E-state index in [2.05, 4.69) is 24.0 Å². The number of hydrogen-bond acceptors (Lipinski definition) is 3. The van der Waals surface area contributed by atoms with Gasteiger partial charge in [0.25, 0.3) is 0 Å². The quantitative estimate of drug-likeness (QED) is 0.803. The van der Waals surface area contributed by atoms with Gasteiger partial charge in [0.1, 0.15) is 0 Å². The van der Waals surface area contributed by atoms with E-state index in [4.69, 9.17) is 9.47 Å². The second kappa shape index (κ2) is 6.69. The maximum absolute atomic E-state index is 5.80. The Morgan fingerprint density at radius 1 is 1.10 bits per heavy atom. The van der Waals surface area contributed by atoms with Crippen molar-refractivity contribution in [2.45, 2.75) is 59.8 Å². The van der Waals surface area contributed by atoms with Gasteiger partial charge in [0, 0.05) is 20.4 Å². The molecule has 0 radical (unpaired) electrons. The molecule has 118 valence electrons. The first-order valence-electron chi connectivity index (χ1n) is 8.25. The van der Waals surface area contributed by atoms with Crippen LogP contribution in [0.3, 0.4) is 0 Å². The van der Waals surface area contributed by atoms with Gasteiger partial charge in [-0.25, -0.2) is 0 Å². The standard InChI is InChI=1S/C16H23NO2.C2H6/c1-12-6-8-17(9-7-12)11-13-4-5-14-15(10-13)19-16(2,3)18-14;1-2/h4-5,10,12H,6-9,11H2,1-3H3;1-2H3. The molecular weight excluding hydrogens is 262 g/mol. The van der Waals surface area contributed by atoms with E-state index < -0.39 is 5.79 Å². The number of hydrogen-bond donors (Lipinski definition) is 0. The first-order chi connectivity index (χ1) is 10.0. The van der Waals surface area contributed by atoms with Crippen molar-refractivity contribution in [1.82, 2.24) is 4.90 Å². The molecule has 1 aromatic carbocycles. The molecule has 3 heteroatoms. The van der Waals surface area contributed by atoms with Crippen LogP contribution in [-0.4, -0.2) is 23.8 Å². The first kappa shape index (κ1) is 16.2. The van der Waals surface area contributed by atoms with Crippen molar-refractivity contribution >= 4 is 0 Å². The molecule has 0 unspecified atom stereocenters. The highest BCUT2D eigenvalue weighted by atomic mass is 16.7. The summed E-state index contributed by atoms with van der Waals surface area (Å²) in [5.41, 5.74) is 1.31. The predicted octanol–water partition coefficient (Wildman–Crippen LogP) is 4.45. The van der Waals surface area contributed by atoms with Gasteiger partial charge in [0.05, 0.1) is 0 Å². The van der Waals surface area contributed by atoms with Crippen molar-refractivity contribution < 1.29 is 9.47 Å². The monoisotopic (exact) mass is 291 g/mol. The molecule has 3 nitrogen and oxygen atoms in total. The van der Waals surface area contributed by atoms with Crippen molar-refractivity contribution in [2.75, 3.05) is 13.1 Å². The second-order valence-corrected chi connectivity index (χ2v) is 6.34. The highest BCUT2D eigenvalue weighted by Gasteiger charge is 2.31. The minimum absolute atomic E-state index is 0.526. The van der Waals surface area contributed by atoms with Crippen LogP contribution < -0.4 is 9.47 Å². The highest BCUT2D eigenvalue weighted by molar-refractivity contribution is 5.45. The van der Waals surface area contributed by atoms with E-state index in [1.54, 1.807) is 0 Å². The molecular formula is C18H29NO2. The SMILES string of the molecule is CC.CC1CCN(Cc2ccc3c(c2)OC(C)(C)O3)CC1. The highest BCUT2D eigenvalue weighted by Crippen LogP contribution is 2.39. The summed E-state index contributed by atoms with van der Waals surface area (Å²) in [5.74, 6) is 2.10. The number of fused-ring (bicyclic) bond motifs is 1. The van der Waals surface area contributed by atoms with Gasteiger partial charge in [0.2, 0.25) is 5.79 Å². The van der Waals surface area contributed by atoms with Crippen LogP contribution in [-0.2, 0) is 6.54 Å². The molecule has 1 saturated heterocycles. The summed E-state index contributed by atoms with van der Waals surface area (Å²) in [6, 6.07) is 6.32. The minimum Gasteiger partial charge on any atom is -0.449 e. The van der Waals surface area contributed by atoms with Gasteiger partial charge in [-0.05, 0) is 49.5 Å². The Hall–Kier alpha value is -1.22. The van der Waals surface area contributed by atoms with Gasteiger partial charge >= 0.3 is 0 Å². The van der Waals surface area contributed by atoms with Crippen LogP contribution in [0, 0.1) is 5.92 Å². The third-order valence-electron chi connectivity index (χ3n) is 4.00. The molecule has 0 spiro atoms. The third-order valence-corrected chi connectivity index (χ3v) is 4.00. The summed E-state index contributed by atoms with van der Waals surface area (Å²) in [7, 11) is 0. The molecule has 3 rings (SSSR count). The fourth-order valence-corrected chi connectivity index (χ4v) is 2.84. The van der Waals surface area contributed by atoms with Crippen molar-refractivity contribution in [3.63, 3.8) is 0 Å². The van der Waals surface area contributed by atoms with E-state index in [0.29, 0.717) is 0 Å². The molecule has 0 N–H and O–H groups in total. The van der Waals surface area contributed by atoms with Crippen LogP contribution in [0.15, 0.2) is 18.2 Å². The second-order valence-electron chi connectivity index (χ2n) is 6.34. The van der Waals surface area contributed by atoms with E-state index in [9.17, 15) is 0 Å². The fourth-order valence-electron chi connectivity index (χ4n) is 2.84. The molecule has 0 atom stereocenters. The predicted molar refractivity (Wildman–Crippen MR) is 86.8 cm³/mol. The molecule has 0 bridgehead atoms. The van der Waals surface area contributed by atoms with Crippen molar-refractivity contribution in [1.29, 1.82) is 0 Å². The van der Waals surface area contributed by atoms with Gasteiger partial charge in [-0.15, -0.1) is 0 Å². The molecule has 0 aliphatic carbocycles. The number of likely N-dealkylation sites (tertiary alicyclic amines) is 1. The van der Waals surface area contributed by atoms with Crippen molar-refractivity contribution in [3.05, 3.63) is 23.8 Å². The van der Waals surface area contributed by atoms with Crippen LogP contribution >= 0.6 is 0 Å². The van der Waals surface area contributed by atoms with Gasteiger partial charge in [-0.1, -0.05) is 26.8 Å². The third kappa shape index (κ3) is 4.13. The summed E-state index contributed by atoms with van der Waals surface area (Å²) in [5, 5.41) is 0. The maximum Gasteiger partial charge on any atom is 0.246 e. The lowest BCUT2D eigenvalue weighted by molar-refractivity contribution is -0.0431. The normalized spacial score (nSPS) is 20.8. The molecule has 0 aromatic heterocycles.